The average molecular weight is 285 g/mol. The van der Waals surface area contributed by atoms with Crippen LogP contribution in [-0.4, -0.2) is 20.2 Å². The SMILES string of the molecule is Cc1ccc(CNc2cccc(-c3nnnn3C)c2)s1. The summed E-state index contributed by atoms with van der Waals surface area (Å²) in [6.07, 6.45) is 0. The fourth-order valence-electron chi connectivity index (χ4n) is 2.01. The Hall–Kier alpha value is -2.21. The number of nitrogens with zero attached hydrogens (tertiary/aromatic N) is 4. The van der Waals surface area contributed by atoms with Gasteiger partial charge in [0.05, 0.1) is 0 Å². The van der Waals surface area contributed by atoms with E-state index >= 15 is 0 Å². The van der Waals surface area contributed by atoms with Crippen molar-refractivity contribution in [1.82, 2.24) is 20.2 Å². The van der Waals surface area contributed by atoms with Crippen LogP contribution in [0.2, 0.25) is 0 Å². The van der Waals surface area contributed by atoms with Crippen LogP contribution in [0.3, 0.4) is 0 Å². The number of rotatable bonds is 4. The number of aromatic nitrogens is 4. The first-order valence-corrected chi connectivity index (χ1v) is 7.16. The van der Waals surface area contributed by atoms with Gasteiger partial charge in [-0.05, 0) is 41.6 Å². The molecule has 3 rings (SSSR count). The number of anilines is 1. The maximum atomic E-state index is 4.02. The summed E-state index contributed by atoms with van der Waals surface area (Å²) in [7, 11) is 1.84. The Kier molecular flexibility index (Phi) is 3.47. The molecule has 1 N–H and O–H groups in total. The molecule has 0 saturated carbocycles. The molecule has 1 aromatic carbocycles. The summed E-state index contributed by atoms with van der Waals surface area (Å²) in [5, 5.41) is 15.0. The van der Waals surface area contributed by atoms with E-state index in [1.54, 1.807) is 4.68 Å². The third kappa shape index (κ3) is 2.70. The van der Waals surface area contributed by atoms with E-state index in [2.05, 4.69) is 46.0 Å². The van der Waals surface area contributed by atoms with Gasteiger partial charge in [-0.3, -0.25) is 0 Å². The monoisotopic (exact) mass is 285 g/mol. The van der Waals surface area contributed by atoms with Crippen molar-refractivity contribution in [3.63, 3.8) is 0 Å². The lowest BCUT2D eigenvalue weighted by Crippen LogP contribution is -1.99. The minimum Gasteiger partial charge on any atom is -0.380 e. The number of benzene rings is 1. The number of hydrogen-bond donors (Lipinski definition) is 1. The Morgan fingerprint density at radius 1 is 1.25 bits per heavy atom. The standard InChI is InChI=1S/C14H15N5S/c1-10-6-7-13(20-10)9-15-12-5-3-4-11(8-12)14-16-17-18-19(14)2/h3-8,15H,9H2,1-2H3. The average Bonchev–Trinajstić information content (AvgIpc) is 3.05. The predicted octanol–water partition coefficient (Wildman–Crippen LogP) is 2.86. The third-order valence-electron chi connectivity index (χ3n) is 3.00. The van der Waals surface area contributed by atoms with Crippen LogP contribution >= 0.6 is 11.3 Å². The zero-order valence-corrected chi connectivity index (χ0v) is 12.2. The first-order chi connectivity index (χ1) is 9.72. The molecular weight excluding hydrogens is 270 g/mol. The Morgan fingerprint density at radius 3 is 2.85 bits per heavy atom. The van der Waals surface area contributed by atoms with Crippen molar-refractivity contribution in [2.24, 2.45) is 7.05 Å². The van der Waals surface area contributed by atoms with Gasteiger partial charge in [0.15, 0.2) is 5.82 Å². The maximum Gasteiger partial charge on any atom is 0.181 e. The normalized spacial score (nSPS) is 10.7. The zero-order chi connectivity index (χ0) is 13.9. The van der Waals surface area contributed by atoms with E-state index in [9.17, 15) is 0 Å². The van der Waals surface area contributed by atoms with Crippen molar-refractivity contribution in [3.05, 3.63) is 46.2 Å². The summed E-state index contributed by atoms with van der Waals surface area (Å²) in [6.45, 7) is 2.95. The second-order valence-corrected chi connectivity index (χ2v) is 5.95. The summed E-state index contributed by atoms with van der Waals surface area (Å²) in [5.41, 5.74) is 2.07. The van der Waals surface area contributed by atoms with Gasteiger partial charge in [-0.2, -0.15) is 0 Å². The molecule has 0 atom stereocenters. The fourth-order valence-corrected chi connectivity index (χ4v) is 2.84. The highest BCUT2D eigenvalue weighted by molar-refractivity contribution is 7.11. The van der Waals surface area contributed by atoms with Crippen LogP contribution in [0, 0.1) is 6.92 Å². The molecule has 0 unspecified atom stereocenters. The Morgan fingerprint density at radius 2 is 2.15 bits per heavy atom. The van der Waals surface area contributed by atoms with Crippen LogP contribution in [0.25, 0.3) is 11.4 Å². The maximum absolute atomic E-state index is 4.02. The molecule has 102 valence electrons. The van der Waals surface area contributed by atoms with Crippen LogP contribution < -0.4 is 5.32 Å². The van der Waals surface area contributed by atoms with Crippen molar-refractivity contribution in [1.29, 1.82) is 0 Å². The Balaban J connectivity index is 1.76. The minimum atomic E-state index is 0.764. The number of tetrazole rings is 1. The van der Waals surface area contributed by atoms with E-state index in [1.165, 1.54) is 9.75 Å². The molecule has 0 aliphatic rings. The predicted molar refractivity (Wildman–Crippen MR) is 80.6 cm³/mol. The van der Waals surface area contributed by atoms with Crippen LogP contribution in [0.5, 0.6) is 0 Å². The molecule has 0 aliphatic heterocycles. The van der Waals surface area contributed by atoms with Crippen LogP contribution in [-0.2, 0) is 13.6 Å². The molecule has 0 amide bonds. The first-order valence-electron chi connectivity index (χ1n) is 6.34. The molecule has 2 aromatic heterocycles. The number of nitrogens with one attached hydrogen (secondary N) is 1. The highest BCUT2D eigenvalue weighted by Crippen LogP contribution is 2.21. The Bertz CT molecular complexity index is 716. The zero-order valence-electron chi connectivity index (χ0n) is 11.4. The number of hydrogen-bond acceptors (Lipinski definition) is 5. The van der Waals surface area contributed by atoms with Gasteiger partial charge >= 0.3 is 0 Å². The summed E-state index contributed by atoms with van der Waals surface area (Å²) in [6, 6.07) is 12.4. The summed E-state index contributed by atoms with van der Waals surface area (Å²) >= 11 is 1.81. The number of aryl methyl sites for hydroxylation is 2. The minimum absolute atomic E-state index is 0.764. The topological polar surface area (TPSA) is 55.6 Å². The van der Waals surface area contributed by atoms with Crippen molar-refractivity contribution >= 4 is 17.0 Å². The molecule has 0 aliphatic carbocycles. The van der Waals surface area contributed by atoms with Crippen molar-refractivity contribution < 1.29 is 0 Å². The van der Waals surface area contributed by atoms with E-state index in [4.69, 9.17) is 0 Å². The lowest BCUT2D eigenvalue weighted by atomic mass is 10.2. The van der Waals surface area contributed by atoms with Gasteiger partial charge in [-0.1, -0.05) is 12.1 Å². The Labute approximate surface area is 121 Å². The van der Waals surface area contributed by atoms with Gasteiger partial charge in [-0.15, -0.1) is 16.4 Å². The molecule has 5 nitrogen and oxygen atoms in total. The van der Waals surface area contributed by atoms with Crippen molar-refractivity contribution in [2.45, 2.75) is 13.5 Å². The highest BCUT2D eigenvalue weighted by Gasteiger charge is 2.06. The van der Waals surface area contributed by atoms with Gasteiger partial charge in [0.2, 0.25) is 0 Å². The summed E-state index contributed by atoms with van der Waals surface area (Å²) < 4.78 is 1.67. The van der Waals surface area contributed by atoms with E-state index < -0.39 is 0 Å². The first kappa shape index (κ1) is 12.8. The third-order valence-corrected chi connectivity index (χ3v) is 4.00. The van der Waals surface area contributed by atoms with Crippen molar-refractivity contribution in [2.75, 3.05) is 5.32 Å². The molecule has 0 radical (unpaired) electrons. The lowest BCUT2D eigenvalue weighted by Gasteiger charge is -2.06. The van der Waals surface area contributed by atoms with Crippen LogP contribution in [0.15, 0.2) is 36.4 Å². The quantitative estimate of drug-likeness (QED) is 0.801. The smallest absolute Gasteiger partial charge is 0.181 e. The molecule has 3 aromatic rings. The fraction of sp³-hybridized carbons (Fsp3) is 0.214. The van der Waals surface area contributed by atoms with Crippen molar-refractivity contribution in [3.8, 4) is 11.4 Å². The highest BCUT2D eigenvalue weighted by atomic mass is 32.1. The molecular formula is C14H15N5S. The molecule has 0 fully saturated rings. The summed E-state index contributed by atoms with van der Waals surface area (Å²) in [5.74, 6) is 0.764. The molecule has 0 spiro atoms. The molecule has 0 bridgehead atoms. The molecule has 6 heteroatoms. The van der Waals surface area contributed by atoms with Gasteiger partial charge in [-0.25, -0.2) is 4.68 Å². The van der Waals surface area contributed by atoms with Gasteiger partial charge < -0.3 is 5.32 Å². The largest absolute Gasteiger partial charge is 0.380 e. The molecule has 2 heterocycles. The van der Waals surface area contributed by atoms with Crippen LogP contribution in [0.1, 0.15) is 9.75 Å². The van der Waals surface area contributed by atoms with Crippen LogP contribution in [0.4, 0.5) is 5.69 Å². The lowest BCUT2D eigenvalue weighted by molar-refractivity contribution is 0.714. The number of thiophene rings is 1. The second kappa shape index (κ2) is 5.42. The second-order valence-electron chi connectivity index (χ2n) is 4.57. The van der Waals surface area contributed by atoms with E-state index in [0.717, 1.165) is 23.6 Å². The summed E-state index contributed by atoms with van der Waals surface area (Å²) in [4.78, 5) is 2.66. The van der Waals surface area contributed by atoms with E-state index in [1.807, 2.05) is 36.6 Å². The van der Waals surface area contributed by atoms with Gasteiger partial charge in [0.25, 0.3) is 0 Å². The van der Waals surface area contributed by atoms with Gasteiger partial charge in [0, 0.05) is 34.6 Å². The van der Waals surface area contributed by atoms with E-state index in [0.29, 0.717) is 0 Å². The molecule has 0 saturated heterocycles. The molecule has 20 heavy (non-hydrogen) atoms. The van der Waals surface area contributed by atoms with E-state index in [-0.39, 0.29) is 0 Å². The van der Waals surface area contributed by atoms with Gasteiger partial charge in [0.1, 0.15) is 0 Å².